The predicted octanol–water partition coefficient (Wildman–Crippen LogP) is 4.89. The van der Waals surface area contributed by atoms with Crippen LogP contribution >= 0.6 is 12.6 Å². The van der Waals surface area contributed by atoms with Crippen LogP contribution < -0.4 is 10.5 Å². The largest absolute Gasteiger partial charge is 0.468 e. The van der Waals surface area contributed by atoms with Gasteiger partial charge in [-0.2, -0.15) is 0 Å². The Balaban J connectivity index is 0.000000471. The first kappa shape index (κ1) is 33.4. The molecule has 0 heterocycles. The van der Waals surface area contributed by atoms with Gasteiger partial charge in [0.05, 0.1) is 12.2 Å². The molecule has 0 saturated carbocycles. The minimum absolute atomic E-state index is 0.0800. The van der Waals surface area contributed by atoms with Gasteiger partial charge in [0.2, 0.25) is 0 Å². The third-order valence-electron chi connectivity index (χ3n) is 5.76. The highest BCUT2D eigenvalue weighted by atomic mass is 32.1. The lowest BCUT2D eigenvalue weighted by Gasteiger charge is -2.07. The molecular formula is C29H43BN2O5S. The Hall–Kier alpha value is -2.62. The van der Waals surface area contributed by atoms with Gasteiger partial charge in [-0.1, -0.05) is 68.1 Å². The van der Waals surface area contributed by atoms with Crippen molar-refractivity contribution in [2.45, 2.75) is 75.9 Å². The molecule has 0 aromatic heterocycles. The van der Waals surface area contributed by atoms with Gasteiger partial charge >= 0.3 is 7.05 Å². The van der Waals surface area contributed by atoms with Gasteiger partial charge in [0, 0.05) is 24.3 Å². The molecule has 0 spiro atoms. The van der Waals surface area contributed by atoms with E-state index in [2.05, 4.69) is 27.9 Å². The third-order valence-corrected chi connectivity index (χ3v) is 6.15. The van der Waals surface area contributed by atoms with Gasteiger partial charge < -0.3 is 20.3 Å². The zero-order valence-corrected chi connectivity index (χ0v) is 23.5. The molecule has 2 aromatic carbocycles. The normalized spacial score (nSPS) is 10.2. The number of amides is 1. The van der Waals surface area contributed by atoms with Crippen LogP contribution in [0.1, 0.15) is 73.7 Å². The van der Waals surface area contributed by atoms with Gasteiger partial charge in [-0.05, 0) is 56.7 Å². The van der Waals surface area contributed by atoms with Gasteiger partial charge in [-0.3, -0.25) is 14.4 Å². The number of ether oxygens (including phenoxy) is 1. The maximum Gasteiger partial charge on any atom is 0.373 e. The molecule has 0 atom stereocenters. The molecule has 0 radical (unpaired) electrons. The first-order valence-electron chi connectivity index (χ1n) is 13.5. The number of Topliss-reactive ketones (excluding diaryl/α,β-unsaturated/α-hetero) is 1. The van der Waals surface area contributed by atoms with Crippen molar-refractivity contribution >= 4 is 37.8 Å². The molecule has 7 nitrogen and oxygen atoms in total. The molecular weight excluding hydrogens is 499 g/mol. The lowest BCUT2D eigenvalue weighted by atomic mass is 9.89. The van der Waals surface area contributed by atoms with Crippen LogP contribution in [0.2, 0.25) is 6.82 Å². The summed E-state index contributed by atoms with van der Waals surface area (Å²) < 4.78 is 4.54. The first-order chi connectivity index (χ1) is 18.4. The van der Waals surface area contributed by atoms with Crippen LogP contribution in [0.15, 0.2) is 59.5 Å². The van der Waals surface area contributed by atoms with Crippen molar-refractivity contribution in [2.75, 3.05) is 19.7 Å². The highest BCUT2D eigenvalue weighted by molar-refractivity contribution is 7.80. The smallest absolute Gasteiger partial charge is 0.373 e. The van der Waals surface area contributed by atoms with Crippen molar-refractivity contribution < 1.29 is 24.1 Å². The molecule has 3 N–H and O–H groups in total. The summed E-state index contributed by atoms with van der Waals surface area (Å²) in [6.07, 6.45) is 9.17. The molecule has 0 aliphatic heterocycles. The highest BCUT2D eigenvalue weighted by Crippen LogP contribution is 2.12. The Morgan fingerprint density at radius 2 is 1.53 bits per heavy atom. The Labute approximate surface area is 233 Å². The predicted molar refractivity (Wildman–Crippen MR) is 157 cm³/mol. The Morgan fingerprint density at radius 3 is 2.21 bits per heavy atom. The standard InChI is InChI=1S/C21H25NO2S.C8H18BNO3/c23-18(16-17-10-4-3-5-11-17)12-6-1-2-9-15-22-21(24)19-13-7-8-14-20(19)25;1-9(12)10-6-4-2-3-5-7-13-8-11/h3-5,7-8,10-11,13-14,25H,1-2,6,9,12,15-16H2,(H,22,24);8,10,12H,2-7H2,1H3. The second-order valence-corrected chi connectivity index (χ2v) is 9.63. The zero-order valence-electron chi connectivity index (χ0n) is 22.6. The lowest BCUT2D eigenvalue weighted by Crippen LogP contribution is -2.31. The maximum absolute atomic E-state index is 12.0. The van der Waals surface area contributed by atoms with Crippen molar-refractivity contribution in [2.24, 2.45) is 0 Å². The average Bonchev–Trinajstić information content (AvgIpc) is 2.90. The summed E-state index contributed by atoms with van der Waals surface area (Å²) in [5.74, 6) is 0.216. The summed E-state index contributed by atoms with van der Waals surface area (Å²) in [5.41, 5.74) is 1.69. The van der Waals surface area contributed by atoms with E-state index in [1.165, 1.54) is 0 Å². The number of rotatable bonds is 19. The van der Waals surface area contributed by atoms with E-state index in [1.807, 2.05) is 48.5 Å². The van der Waals surface area contributed by atoms with E-state index >= 15 is 0 Å². The molecule has 1 amide bonds. The fourth-order valence-corrected chi connectivity index (χ4v) is 3.96. The molecule has 208 valence electrons. The van der Waals surface area contributed by atoms with Crippen molar-refractivity contribution in [1.29, 1.82) is 0 Å². The summed E-state index contributed by atoms with van der Waals surface area (Å²) in [4.78, 5) is 34.4. The summed E-state index contributed by atoms with van der Waals surface area (Å²) in [5, 5.41) is 14.7. The van der Waals surface area contributed by atoms with Gasteiger partial charge in [-0.25, -0.2) is 0 Å². The lowest BCUT2D eigenvalue weighted by molar-refractivity contribution is -0.128. The molecule has 0 saturated heterocycles. The number of unbranched alkanes of at least 4 members (excludes halogenated alkanes) is 6. The summed E-state index contributed by atoms with van der Waals surface area (Å²) in [6.45, 7) is 4.20. The fourth-order valence-electron chi connectivity index (χ4n) is 3.70. The average molecular weight is 543 g/mol. The number of hydrogen-bond acceptors (Lipinski definition) is 7. The Morgan fingerprint density at radius 1 is 0.895 bits per heavy atom. The quantitative estimate of drug-likeness (QED) is 0.0873. The van der Waals surface area contributed by atoms with E-state index in [-0.39, 0.29) is 5.91 Å². The van der Waals surface area contributed by atoms with E-state index in [1.54, 1.807) is 12.9 Å². The number of carbonyl (C=O) groups excluding carboxylic acids is 3. The van der Waals surface area contributed by atoms with Crippen molar-refractivity contribution in [3.05, 3.63) is 65.7 Å². The van der Waals surface area contributed by atoms with Crippen LogP contribution in [0.3, 0.4) is 0 Å². The molecule has 0 bridgehead atoms. The summed E-state index contributed by atoms with van der Waals surface area (Å²) in [6, 6.07) is 17.1. The Kier molecular flexibility index (Phi) is 19.7. The van der Waals surface area contributed by atoms with Gasteiger partial charge in [0.15, 0.2) is 0 Å². The van der Waals surface area contributed by atoms with Gasteiger partial charge in [0.1, 0.15) is 5.78 Å². The molecule has 2 aromatic rings. The van der Waals surface area contributed by atoms with E-state index in [0.717, 1.165) is 63.5 Å². The molecule has 38 heavy (non-hydrogen) atoms. The topological polar surface area (TPSA) is 105 Å². The van der Waals surface area contributed by atoms with Crippen LogP contribution in [0.25, 0.3) is 0 Å². The number of ketones is 1. The molecule has 0 aliphatic carbocycles. The third kappa shape index (κ3) is 17.8. The zero-order chi connectivity index (χ0) is 27.8. The highest BCUT2D eigenvalue weighted by Gasteiger charge is 2.07. The second kappa shape index (κ2) is 22.4. The number of benzene rings is 2. The number of thiol groups is 1. The second-order valence-electron chi connectivity index (χ2n) is 9.15. The van der Waals surface area contributed by atoms with E-state index < -0.39 is 7.05 Å². The van der Waals surface area contributed by atoms with Gasteiger partial charge in [0.25, 0.3) is 12.4 Å². The molecule has 9 heteroatoms. The maximum atomic E-state index is 12.0. The van der Waals surface area contributed by atoms with Crippen molar-refractivity contribution in [3.8, 4) is 0 Å². The monoisotopic (exact) mass is 542 g/mol. The minimum atomic E-state index is -0.418. The summed E-state index contributed by atoms with van der Waals surface area (Å²) in [7, 11) is -0.418. The summed E-state index contributed by atoms with van der Waals surface area (Å²) >= 11 is 4.29. The van der Waals surface area contributed by atoms with Crippen LogP contribution in [-0.4, -0.2) is 49.9 Å². The fraction of sp³-hybridized carbons (Fsp3) is 0.483. The number of hydrogen-bond donors (Lipinski definition) is 4. The number of carbonyl (C=O) groups is 3. The molecule has 0 fully saturated rings. The molecule has 0 unspecified atom stereocenters. The van der Waals surface area contributed by atoms with Crippen LogP contribution in [0.5, 0.6) is 0 Å². The van der Waals surface area contributed by atoms with Crippen molar-refractivity contribution in [1.82, 2.24) is 10.5 Å². The van der Waals surface area contributed by atoms with E-state index in [0.29, 0.717) is 48.7 Å². The first-order valence-corrected chi connectivity index (χ1v) is 14.0. The van der Waals surface area contributed by atoms with Crippen LogP contribution in [0, 0.1) is 0 Å². The SMILES string of the molecule is CB(O)NCCCCCCOC=O.O=C(CCCCCCNC(=O)c1ccccc1S)Cc1ccccc1. The van der Waals surface area contributed by atoms with E-state index in [4.69, 9.17) is 5.02 Å². The van der Waals surface area contributed by atoms with Crippen LogP contribution in [0.4, 0.5) is 0 Å². The van der Waals surface area contributed by atoms with Gasteiger partial charge in [-0.15, -0.1) is 12.6 Å². The molecule has 2 rings (SSSR count). The van der Waals surface area contributed by atoms with E-state index in [9.17, 15) is 14.4 Å². The van der Waals surface area contributed by atoms with Crippen molar-refractivity contribution in [3.63, 3.8) is 0 Å². The van der Waals surface area contributed by atoms with Crippen LogP contribution in [-0.2, 0) is 20.7 Å². The Bertz CT molecular complexity index is 915. The molecule has 0 aliphatic rings. The number of nitrogens with one attached hydrogen (secondary N) is 2. The minimum Gasteiger partial charge on any atom is -0.468 e.